The van der Waals surface area contributed by atoms with E-state index in [1.807, 2.05) is 6.07 Å². The molecule has 0 aromatic heterocycles. The predicted molar refractivity (Wildman–Crippen MR) is 71.9 cm³/mol. The van der Waals surface area contributed by atoms with Gasteiger partial charge in [0.1, 0.15) is 11.5 Å². The van der Waals surface area contributed by atoms with Crippen LogP contribution in [0.4, 0.5) is 0 Å². The van der Waals surface area contributed by atoms with E-state index in [4.69, 9.17) is 4.74 Å². The smallest absolute Gasteiger partial charge is 0.135 e. The predicted octanol–water partition coefficient (Wildman–Crippen LogP) is 2.42. The number of likely N-dealkylation sites (tertiary alicyclic amines) is 1. The Morgan fingerprint density at radius 2 is 2.00 bits per heavy atom. The van der Waals surface area contributed by atoms with Gasteiger partial charge in [0.05, 0.1) is 7.11 Å². The van der Waals surface area contributed by atoms with Gasteiger partial charge >= 0.3 is 0 Å². The molecular weight excluding hydrogens is 226 g/mol. The van der Waals surface area contributed by atoms with Gasteiger partial charge in [-0.1, -0.05) is 19.1 Å². The number of methoxy groups -OCH3 is 1. The topological polar surface area (TPSA) is 29.5 Å². The van der Waals surface area contributed by atoms with Crippen LogP contribution in [0.1, 0.15) is 30.9 Å². The zero-order valence-corrected chi connectivity index (χ0v) is 11.2. The van der Waals surface area contributed by atoms with Gasteiger partial charge in [-0.15, -0.1) is 0 Å². The minimum atomic E-state index is 0.398. The minimum Gasteiger partial charge on any atom is -0.496 e. The van der Waals surface area contributed by atoms with Crippen LogP contribution in [0.2, 0.25) is 0 Å². The molecular formula is C15H21NO2. The number of carbonyl (C=O) groups is 1. The Morgan fingerprint density at radius 1 is 1.28 bits per heavy atom. The van der Waals surface area contributed by atoms with Crippen LogP contribution in [-0.2, 0) is 17.8 Å². The third kappa shape index (κ3) is 3.10. The first-order valence-corrected chi connectivity index (χ1v) is 6.62. The van der Waals surface area contributed by atoms with Gasteiger partial charge in [-0.25, -0.2) is 0 Å². The lowest BCUT2D eigenvalue weighted by Gasteiger charge is -2.26. The second kappa shape index (κ2) is 6.01. The average Bonchev–Trinajstić information content (AvgIpc) is 2.41. The Balaban J connectivity index is 2.03. The van der Waals surface area contributed by atoms with E-state index in [2.05, 4.69) is 24.0 Å². The maximum absolute atomic E-state index is 11.2. The minimum absolute atomic E-state index is 0.398. The van der Waals surface area contributed by atoms with E-state index >= 15 is 0 Å². The van der Waals surface area contributed by atoms with Crippen molar-refractivity contribution >= 4 is 5.78 Å². The van der Waals surface area contributed by atoms with Gasteiger partial charge in [0.15, 0.2) is 0 Å². The highest BCUT2D eigenvalue weighted by Crippen LogP contribution is 2.21. The monoisotopic (exact) mass is 247 g/mol. The van der Waals surface area contributed by atoms with Crippen LogP contribution in [0.5, 0.6) is 5.75 Å². The molecule has 0 saturated carbocycles. The number of ether oxygens (including phenoxy) is 1. The number of carbonyl (C=O) groups excluding carboxylic acids is 1. The Bertz CT molecular complexity index is 419. The molecule has 1 aromatic carbocycles. The molecule has 1 heterocycles. The molecule has 0 radical (unpaired) electrons. The first-order chi connectivity index (χ1) is 8.72. The van der Waals surface area contributed by atoms with Crippen LogP contribution in [0.3, 0.4) is 0 Å². The molecule has 0 spiro atoms. The number of aryl methyl sites for hydroxylation is 1. The number of Topliss-reactive ketones (excluding diaryl/α,β-unsaturated/α-hetero) is 1. The molecule has 1 aliphatic rings. The summed E-state index contributed by atoms with van der Waals surface area (Å²) in [7, 11) is 1.71. The number of benzene rings is 1. The van der Waals surface area contributed by atoms with Crippen LogP contribution in [0, 0.1) is 0 Å². The summed E-state index contributed by atoms with van der Waals surface area (Å²) in [6, 6.07) is 6.38. The van der Waals surface area contributed by atoms with Gasteiger partial charge in [0.25, 0.3) is 0 Å². The molecule has 1 saturated heterocycles. The quantitative estimate of drug-likeness (QED) is 0.818. The summed E-state index contributed by atoms with van der Waals surface area (Å²) in [5, 5.41) is 0. The van der Waals surface area contributed by atoms with Crippen molar-refractivity contribution in [3.8, 4) is 5.75 Å². The van der Waals surface area contributed by atoms with E-state index in [-0.39, 0.29) is 0 Å². The van der Waals surface area contributed by atoms with Gasteiger partial charge in [-0.05, 0) is 23.6 Å². The second-order valence-corrected chi connectivity index (χ2v) is 4.81. The first-order valence-electron chi connectivity index (χ1n) is 6.62. The Labute approximate surface area is 109 Å². The molecule has 98 valence electrons. The number of nitrogens with zero attached hydrogens (tertiary/aromatic N) is 1. The molecule has 0 bridgehead atoms. The standard InChI is InChI=1S/C15H21NO2/c1-3-13-10-12(4-5-15(13)18-2)11-16-8-6-14(17)7-9-16/h4-5,10H,3,6-9,11H2,1-2H3. The van der Waals surface area contributed by atoms with E-state index in [1.54, 1.807) is 7.11 Å². The van der Waals surface area contributed by atoms with E-state index in [0.717, 1.165) is 31.8 Å². The summed E-state index contributed by atoms with van der Waals surface area (Å²) >= 11 is 0. The molecule has 0 aliphatic carbocycles. The second-order valence-electron chi connectivity index (χ2n) is 4.81. The van der Waals surface area contributed by atoms with E-state index in [9.17, 15) is 4.79 Å². The van der Waals surface area contributed by atoms with Crippen molar-refractivity contribution in [3.05, 3.63) is 29.3 Å². The summed E-state index contributed by atoms with van der Waals surface area (Å²) in [6.07, 6.45) is 2.39. The lowest BCUT2D eigenvalue weighted by Crippen LogP contribution is -2.33. The third-order valence-corrected chi connectivity index (χ3v) is 3.55. The molecule has 0 amide bonds. The van der Waals surface area contributed by atoms with E-state index < -0.39 is 0 Å². The largest absolute Gasteiger partial charge is 0.496 e. The average molecular weight is 247 g/mol. The fourth-order valence-corrected chi connectivity index (χ4v) is 2.43. The number of hydrogen-bond donors (Lipinski definition) is 0. The summed E-state index contributed by atoms with van der Waals surface area (Å²) < 4.78 is 5.34. The number of rotatable bonds is 4. The third-order valence-electron chi connectivity index (χ3n) is 3.55. The highest BCUT2D eigenvalue weighted by molar-refractivity contribution is 5.79. The molecule has 3 nitrogen and oxygen atoms in total. The van der Waals surface area contributed by atoms with Gasteiger partial charge in [0, 0.05) is 32.5 Å². The lowest BCUT2D eigenvalue weighted by molar-refractivity contribution is -0.121. The van der Waals surface area contributed by atoms with Crippen molar-refractivity contribution in [2.75, 3.05) is 20.2 Å². The molecule has 0 unspecified atom stereocenters. The van der Waals surface area contributed by atoms with Crippen molar-refractivity contribution in [2.24, 2.45) is 0 Å². The Morgan fingerprint density at radius 3 is 2.61 bits per heavy atom. The molecule has 3 heteroatoms. The van der Waals surface area contributed by atoms with Crippen molar-refractivity contribution in [1.29, 1.82) is 0 Å². The van der Waals surface area contributed by atoms with Crippen LogP contribution in [-0.4, -0.2) is 30.9 Å². The van der Waals surface area contributed by atoms with Crippen LogP contribution in [0.25, 0.3) is 0 Å². The van der Waals surface area contributed by atoms with Crippen LogP contribution >= 0.6 is 0 Å². The van der Waals surface area contributed by atoms with Crippen molar-refractivity contribution in [1.82, 2.24) is 4.90 Å². The van der Waals surface area contributed by atoms with Crippen molar-refractivity contribution in [3.63, 3.8) is 0 Å². The number of piperidine rings is 1. The van der Waals surface area contributed by atoms with Gasteiger partial charge in [-0.3, -0.25) is 9.69 Å². The highest BCUT2D eigenvalue weighted by atomic mass is 16.5. The van der Waals surface area contributed by atoms with E-state index in [0.29, 0.717) is 18.6 Å². The van der Waals surface area contributed by atoms with Crippen LogP contribution < -0.4 is 4.74 Å². The SMILES string of the molecule is CCc1cc(CN2CCC(=O)CC2)ccc1OC. The molecule has 0 atom stereocenters. The van der Waals surface area contributed by atoms with Gasteiger partial charge in [-0.2, -0.15) is 0 Å². The summed E-state index contributed by atoms with van der Waals surface area (Å²) in [6.45, 7) is 4.87. The zero-order valence-electron chi connectivity index (χ0n) is 11.2. The molecule has 2 rings (SSSR count). The fourth-order valence-electron chi connectivity index (χ4n) is 2.43. The summed E-state index contributed by atoms with van der Waals surface area (Å²) in [4.78, 5) is 13.6. The summed E-state index contributed by atoms with van der Waals surface area (Å²) in [5.41, 5.74) is 2.56. The molecule has 1 aliphatic heterocycles. The molecule has 1 fully saturated rings. The van der Waals surface area contributed by atoms with Gasteiger partial charge in [0.2, 0.25) is 0 Å². The molecule has 18 heavy (non-hydrogen) atoms. The normalized spacial score (nSPS) is 16.9. The zero-order chi connectivity index (χ0) is 13.0. The number of ketones is 1. The van der Waals surface area contributed by atoms with Gasteiger partial charge < -0.3 is 4.74 Å². The lowest BCUT2D eigenvalue weighted by atomic mass is 10.1. The van der Waals surface area contributed by atoms with Crippen molar-refractivity contribution < 1.29 is 9.53 Å². The fraction of sp³-hybridized carbons (Fsp3) is 0.533. The Kier molecular flexibility index (Phi) is 4.37. The molecule has 1 aromatic rings. The first kappa shape index (κ1) is 13.1. The Hall–Kier alpha value is -1.35. The summed E-state index contributed by atoms with van der Waals surface area (Å²) in [5.74, 6) is 1.37. The van der Waals surface area contributed by atoms with E-state index in [1.165, 1.54) is 11.1 Å². The number of hydrogen-bond acceptors (Lipinski definition) is 3. The molecule has 0 N–H and O–H groups in total. The van der Waals surface area contributed by atoms with Crippen LogP contribution in [0.15, 0.2) is 18.2 Å². The maximum atomic E-state index is 11.2. The maximum Gasteiger partial charge on any atom is 0.135 e. The van der Waals surface area contributed by atoms with Crippen molar-refractivity contribution in [2.45, 2.75) is 32.7 Å². The highest BCUT2D eigenvalue weighted by Gasteiger charge is 2.16.